The highest BCUT2D eigenvalue weighted by Crippen LogP contribution is 2.25. The standard InChI is InChI=1S/C27H28N2O4/c1-3-21-17-20(18-24(27(30)31)29-14-7-8-15-29)11-12-25(21)32-16-13-23-19(2)33-26(28-23)22-9-5-4-6-10-22/h4-12,14-15,17,24H,3,13,16,18H2,1-2H3,(H,30,31). The van der Waals surface area contributed by atoms with Crippen LogP contribution in [0, 0.1) is 6.92 Å². The highest BCUT2D eigenvalue weighted by atomic mass is 16.5. The monoisotopic (exact) mass is 444 g/mol. The number of hydrogen-bond acceptors (Lipinski definition) is 4. The highest BCUT2D eigenvalue weighted by molar-refractivity contribution is 5.72. The fourth-order valence-electron chi connectivity index (χ4n) is 3.90. The van der Waals surface area contributed by atoms with Crippen LogP contribution in [0.1, 0.15) is 35.5 Å². The lowest BCUT2D eigenvalue weighted by Crippen LogP contribution is -2.20. The SMILES string of the molecule is CCc1cc(CC(C(=O)O)n2cccc2)ccc1OCCc1nc(-c2ccccc2)oc1C. The first-order valence-electron chi connectivity index (χ1n) is 11.2. The minimum Gasteiger partial charge on any atom is -0.493 e. The molecule has 0 aliphatic heterocycles. The Morgan fingerprint density at radius 2 is 1.88 bits per heavy atom. The molecule has 1 N–H and O–H groups in total. The Bertz CT molecular complexity index is 1200. The summed E-state index contributed by atoms with van der Waals surface area (Å²) in [5, 5.41) is 9.65. The zero-order valence-electron chi connectivity index (χ0n) is 18.9. The Labute approximate surface area is 193 Å². The van der Waals surface area contributed by atoms with Crippen LogP contribution in [0.2, 0.25) is 0 Å². The quantitative estimate of drug-likeness (QED) is 0.349. The van der Waals surface area contributed by atoms with Gasteiger partial charge in [-0.05, 0) is 54.8 Å². The molecule has 4 rings (SSSR count). The number of aliphatic carboxylic acids is 1. The molecule has 0 amide bonds. The molecule has 2 aromatic carbocycles. The van der Waals surface area contributed by atoms with Gasteiger partial charge >= 0.3 is 5.97 Å². The molecule has 0 fully saturated rings. The Hall–Kier alpha value is -3.80. The van der Waals surface area contributed by atoms with Crippen LogP contribution in [0.15, 0.2) is 77.5 Å². The van der Waals surface area contributed by atoms with Gasteiger partial charge in [0.2, 0.25) is 5.89 Å². The lowest BCUT2D eigenvalue weighted by molar-refractivity contribution is -0.140. The lowest BCUT2D eigenvalue weighted by atomic mass is 10.0. The van der Waals surface area contributed by atoms with E-state index in [0.717, 1.165) is 40.3 Å². The maximum absolute atomic E-state index is 11.8. The van der Waals surface area contributed by atoms with Crippen LogP contribution >= 0.6 is 0 Å². The number of carboxylic acid groups (broad SMARTS) is 1. The molecule has 33 heavy (non-hydrogen) atoms. The number of rotatable bonds is 10. The zero-order valence-corrected chi connectivity index (χ0v) is 18.9. The van der Waals surface area contributed by atoms with Crippen LogP contribution in [0.25, 0.3) is 11.5 Å². The third-order valence-electron chi connectivity index (χ3n) is 5.72. The summed E-state index contributed by atoms with van der Waals surface area (Å²) in [4.78, 5) is 16.4. The second kappa shape index (κ2) is 10.2. The molecule has 0 saturated heterocycles. The lowest BCUT2D eigenvalue weighted by Gasteiger charge is -2.16. The van der Waals surface area contributed by atoms with Crippen LogP contribution in [-0.4, -0.2) is 27.2 Å². The molecule has 0 bridgehead atoms. The molecule has 6 heteroatoms. The Morgan fingerprint density at radius 3 is 2.58 bits per heavy atom. The molecule has 0 radical (unpaired) electrons. The van der Waals surface area contributed by atoms with Crippen molar-refractivity contribution in [3.8, 4) is 17.2 Å². The summed E-state index contributed by atoms with van der Waals surface area (Å²) < 4.78 is 13.6. The first kappa shape index (κ1) is 22.4. The zero-order chi connectivity index (χ0) is 23.2. The number of aromatic nitrogens is 2. The van der Waals surface area contributed by atoms with Crippen molar-refractivity contribution in [2.24, 2.45) is 0 Å². The van der Waals surface area contributed by atoms with E-state index in [1.807, 2.05) is 67.6 Å². The second-order valence-corrected chi connectivity index (χ2v) is 7.97. The molecule has 0 saturated carbocycles. The average molecular weight is 445 g/mol. The summed E-state index contributed by atoms with van der Waals surface area (Å²) in [5.74, 6) is 1.39. The Morgan fingerprint density at radius 1 is 1.12 bits per heavy atom. The third-order valence-corrected chi connectivity index (χ3v) is 5.72. The molecule has 0 spiro atoms. The van der Waals surface area contributed by atoms with E-state index in [0.29, 0.717) is 25.3 Å². The molecule has 0 aliphatic rings. The fourth-order valence-corrected chi connectivity index (χ4v) is 3.90. The normalized spacial score (nSPS) is 11.9. The summed E-state index contributed by atoms with van der Waals surface area (Å²) in [6, 6.07) is 18.8. The predicted octanol–water partition coefficient (Wildman–Crippen LogP) is 5.50. The van der Waals surface area contributed by atoms with Crippen molar-refractivity contribution >= 4 is 5.97 Å². The number of oxazole rings is 1. The first-order chi connectivity index (χ1) is 16.0. The van der Waals surface area contributed by atoms with E-state index in [4.69, 9.17) is 9.15 Å². The Kier molecular flexibility index (Phi) is 6.93. The third kappa shape index (κ3) is 5.34. The number of aryl methyl sites for hydroxylation is 2. The topological polar surface area (TPSA) is 77.5 Å². The van der Waals surface area contributed by atoms with Crippen molar-refractivity contribution in [1.29, 1.82) is 0 Å². The van der Waals surface area contributed by atoms with Gasteiger partial charge in [-0.15, -0.1) is 0 Å². The van der Waals surface area contributed by atoms with Crippen molar-refractivity contribution in [3.05, 3.63) is 95.6 Å². The van der Waals surface area contributed by atoms with E-state index >= 15 is 0 Å². The average Bonchev–Trinajstić information content (AvgIpc) is 3.48. The summed E-state index contributed by atoms with van der Waals surface area (Å²) in [7, 11) is 0. The van der Waals surface area contributed by atoms with Crippen molar-refractivity contribution in [2.45, 2.75) is 39.2 Å². The molecule has 4 aromatic rings. The van der Waals surface area contributed by atoms with E-state index < -0.39 is 12.0 Å². The summed E-state index contributed by atoms with van der Waals surface area (Å²) in [5.41, 5.74) is 3.88. The van der Waals surface area contributed by atoms with Gasteiger partial charge in [0.05, 0.1) is 12.3 Å². The van der Waals surface area contributed by atoms with Crippen LogP contribution < -0.4 is 4.74 Å². The van der Waals surface area contributed by atoms with Gasteiger partial charge < -0.3 is 18.8 Å². The minimum absolute atomic E-state index is 0.414. The first-order valence-corrected chi connectivity index (χ1v) is 11.2. The highest BCUT2D eigenvalue weighted by Gasteiger charge is 2.20. The van der Waals surface area contributed by atoms with Gasteiger partial charge in [0.15, 0.2) is 0 Å². The number of carbonyl (C=O) groups is 1. The summed E-state index contributed by atoms with van der Waals surface area (Å²) in [6.07, 6.45) is 5.42. The molecular formula is C27H28N2O4. The van der Waals surface area contributed by atoms with Gasteiger partial charge in [-0.1, -0.05) is 37.3 Å². The van der Waals surface area contributed by atoms with Gasteiger partial charge in [-0.25, -0.2) is 9.78 Å². The van der Waals surface area contributed by atoms with Crippen molar-refractivity contribution in [1.82, 2.24) is 9.55 Å². The summed E-state index contributed by atoms with van der Waals surface area (Å²) >= 11 is 0. The van der Waals surface area contributed by atoms with Crippen LogP contribution in [-0.2, 0) is 24.1 Å². The van der Waals surface area contributed by atoms with Crippen molar-refractivity contribution in [2.75, 3.05) is 6.61 Å². The predicted molar refractivity (Wildman–Crippen MR) is 127 cm³/mol. The molecule has 170 valence electrons. The fraction of sp³-hybridized carbons (Fsp3) is 0.259. The van der Waals surface area contributed by atoms with E-state index in [2.05, 4.69) is 11.9 Å². The van der Waals surface area contributed by atoms with E-state index in [-0.39, 0.29) is 0 Å². The van der Waals surface area contributed by atoms with Gasteiger partial charge in [-0.2, -0.15) is 0 Å². The molecule has 0 aliphatic carbocycles. The number of hydrogen-bond donors (Lipinski definition) is 1. The number of benzene rings is 2. The largest absolute Gasteiger partial charge is 0.493 e. The van der Waals surface area contributed by atoms with Crippen molar-refractivity contribution < 1.29 is 19.1 Å². The van der Waals surface area contributed by atoms with Crippen molar-refractivity contribution in [3.63, 3.8) is 0 Å². The van der Waals surface area contributed by atoms with Crippen LogP contribution in [0.4, 0.5) is 0 Å². The smallest absolute Gasteiger partial charge is 0.327 e. The Balaban J connectivity index is 1.41. The molecule has 6 nitrogen and oxygen atoms in total. The number of ether oxygens (including phenoxy) is 1. The van der Waals surface area contributed by atoms with Gasteiger partial charge in [-0.3, -0.25) is 0 Å². The van der Waals surface area contributed by atoms with Crippen LogP contribution in [0.3, 0.4) is 0 Å². The van der Waals surface area contributed by atoms with E-state index in [9.17, 15) is 9.90 Å². The molecule has 1 atom stereocenters. The van der Waals surface area contributed by atoms with Gasteiger partial charge in [0, 0.05) is 30.8 Å². The van der Waals surface area contributed by atoms with E-state index in [1.54, 1.807) is 17.0 Å². The van der Waals surface area contributed by atoms with Crippen LogP contribution in [0.5, 0.6) is 5.75 Å². The summed E-state index contributed by atoms with van der Waals surface area (Å²) in [6.45, 7) is 4.47. The minimum atomic E-state index is -0.845. The molecular weight excluding hydrogens is 416 g/mol. The maximum atomic E-state index is 11.8. The maximum Gasteiger partial charge on any atom is 0.327 e. The van der Waals surface area contributed by atoms with Gasteiger partial charge in [0.25, 0.3) is 0 Å². The molecule has 2 aromatic heterocycles. The molecule has 2 heterocycles. The van der Waals surface area contributed by atoms with E-state index in [1.165, 1.54) is 0 Å². The molecule has 1 unspecified atom stereocenters. The number of carboxylic acids is 1. The number of nitrogens with zero attached hydrogens (tertiary/aromatic N) is 2. The second-order valence-electron chi connectivity index (χ2n) is 7.97. The van der Waals surface area contributed by atoms with Gasteiger partial charge in [0.1, 0.15) is 17.6 Å².